The predicted molar refractivity (Wildman–Crippen MR) is 121 cm³/mol. The average molecular weight is 459 g/mol. The van der Waals surface area contributed by atoms with Gasteiger partial charge in [0.25, 0.3) is 11.4 Å². The van der Waals surface area contributed by atoms with E-state index >= 15 is 0 Å². The van der Waals surface area contributed by atoms with Gasteiger partial charge >= 0.3 is 0 Å². The highest BCUT2D eigenvalue weighted by molar-refractivity contribution is 6.35. The number of furan rings is 1. The fraction of sp³-hybridized carbons (Fsp3) is 0.0870. The van der Waals surface area contributed by atoms with E-state index in [1.165, 1.54) is 0 Å². The van der Waals surface area contributed by atoms with Gasteiger partial charge in [0, 0.05) is 6.20 Å². The van der Waals surface area contributed by atoms with Crippen LogP contribution in [-0.2, 0) is 6.54 Å². The Balaban J connectivity index is 1.60. The van der Waals surface area contributed by atoms with Gasteiger partial charge < -0.3 is 8.94 Å². The number of benzene rings is 1. The minimum Gasteiger partial charge on any atom is -0.458 e. The molecule has 0 aliphatic heterocycles. The number of rotatable bonds is 4. The fourth-order valence-electron chi connectivity index (χ4n) is 3.87. The lowest BCUT2D eigenvalue weighted by Gasteiger charge is -2.13. The Morgan fingerprint density at radius 2 is 1.94 bits per heavy atom. The van der Waals surface area contributed by atoms with Crippen molar-refractivity contribution in [2.75, 3.05) is 0 Å². The maximum absolute atomic E-state index is 13.7. The van der Waals surface area contributed by atoms with Crippen molar-refractivity contribution in [2.45, 2.75) is 13.5 Å². The number of nitrogens with zero attached hydrogens (tertiary/aromatic N) is 6. The standard InChI is InChI=1S/C23H15ClN6O3/c1-13-8-9-17(32-13)21-27-22(33-28-21)18-20-23(31)29(11-14-5-2-3-10-25-14)19-15(24)6-4-7-16(19)30(20)12-26-18/h2-10,12H,11H2,1H3. The lowest BCUT2D eigenvalue weighted by Crippen LogP contribution is -2.24. The second kappa shape index (κ2) is 7.42. The summed E-state index contributed by atoms with van der Waals surface area (Å²) in [5, 5.41) is 4.44. The molecule has 5 heterocycles. The molecule has 0 fully saturated rings. The summed E-state index contributed by atoms with van der Waals surface area (Å²) in [6.07, 6.45) is 3.24. The molecule has 6 aromatic rings. The molecule has 0 aliphatic rings. The summed E-state index contributed by atoms with van der Waals surface area (Å²) >= 11 is 6.53. The summed E-state index contributed by atoms with van der Waals surface area (Å²) < 4.78 is 14.3. The molecule has 0 amide bonds. The number of aromatic nitrogens is 6. The number of halogens is 1. The van der Waals surface area contributed by atoms with Gasteiger partial charge in [-0.15, -0.1) is 0 Å². The zero-order valence-corrected chi connectivity index (χ0v) is 18.0. The molecule has 33 heavy (non-hydrogen) atoms. The smallest absolute Gasteiger partial charge is 0.279 e. The third-order valence-corrected chi connectivity index (χ3v) is 5.65. The van der Waals surface area contributed by atoms with E-state index < -0.39 is 0 Å². The molecule has 1 aromatic carbocycles. The molecule has 0 saturated heterocycles. The maximum Gasteiger partial charge on any atom is 0.279 e. The van der Waals surface area contributed by atoms with Gasteiger partial charge in [0.05, 0.1) is 28.3 Å². The van der Waals surface area contributed by atoms with Gasteiger partial charge in [-0.25, -0.2) is 4.98 Å². The van der Waals surface area contributed by atoms with Crippen molar-refractivity contribution in [3.63, 3.8) is 0 Å². The first kappa shape index (κ1) is 19.4. The number of imidazole rings is 1. The normalized spacial score (nSPS) is 11.6. The Kier molecular flexibility index (Phi) is 4.37. The number of para-hydroxylation sites is 1. The van der Waals surface area contributed by atoms with Gasteiger partial charge in [-0.05, 0) is 43.3 Å². The van der Waals surface area contributed by atoms with Gasteiger partial charge in [0.2, 0.25) is 5.82 Å². The Bertz CT molecular complexity index is 1700. The summed E-state index contributed by atoms with van der Waals surface area (Å²) in [4.78, 5) is 26.9. The largest absolute Gasteiger partial charge is 0.458 e. The lowest BCUT2D eigenvalue weighted by molar-refractivity contribution is 0.428. The number of aryl methyl sites for hydroxylation is 1. The highest BCUT2D eigenvalue weighted by Crippen LogP contribution is 2.28. The van der Waals surface area contributed by atoms with E-state index in [1.54, 1.807) is 33.6 Å². The van der Waals surface area contributed by atoms with Crippen molar-refractivity contribution >= 4 is 28.2 Å². The highest BCUT2D eigenvalue weighted by atomic mass is 35.5. The van der Waals surface area contributed by atoms with Crippen molar-refractivity contribution < 1.29 is 8.94 Å². The third-order valence-electron chi connectivity index (χ3n) is 5.35. The third kappa shape index (κ3) is 3.13. The topological polar surface area (TPSA) is 104 Å². The van der Waals surface area contributed by atoms with Crippen LogP contribution in [-0.4, -0.2) is 29.1 Å². The van der Waals surface area contributed by atoms with Crippen LogP contribution in [0.2, 0.25) is 5.02 Å². The molecule has 0 bridgehead atoms. The molecule has 0 saturated carbocycles. The van der Waals surface area contributed by atoms with Crippen LogP contribution in [0.3, 0.4) is 0 Å². The SMILES string of the molecule is Cc1ccc(-c2noc(-c3ncn4c3c(=O)n(Cc3ccccn3)c3c(Cl)cccc34)n2)o1. The zero-order chi connectivity index (χ0) is 22.5. The van der Waals surface area contributed by atoms with Crippen LogP contribution >= 0.6 is 11.6 Å². The lowest BCUT2D eigenvalue weighted by atomic mass is 10.2. The van der Waals surface area contributed by atoms with Gasteiger partial charge in [-0.3, -0.25) is 18.7 Å². The summed E-state index contributed by atoms with van der Waals surface area (Å²) in [6.45, 7) is 2.06. The second-order valence-electron chi connectivity index (χ2n) is 7.47. The maximum atomic E-state index is 13.7. The van der Waals surface area contributed by atoms with Crippen LogP contribution in [0.5, 0.6) is 0 Å². The van der Waals surface area contributed by atoms with E-state index in [9.17, 15) is 4.79 Å². The molecule has 0 aliphatic carbocycles. The van der Waals surface area contributed by atoms with Gasteiger partial charge in [0.1, 0.15) is 17.6 Å². The van der Waals surface area contributed by atoms with E-state index in [2.05, 4.69) is 20.1 Å². The van der Waals surface area contributed by atoms with Crippen molar-refractivity contribution in [1.82, 2.24) is 29.1 Å². The summed E-state index contributed by atoms with van der Waals surface area (Å²) in [5.74, 6) is 1.58. The highest BCUT2D eigenvalue weighted by Gasteiger charge is 2.23. The molecular weight excluding hydrogens is 444 g/mol. The molecule has 0 radical (unpaired) electrons. The molecule has 10 heteroatoms. The summed E-state index contributed by atoms with van der Waals surface area (Å²) in [6, 6.07) is 14.6. The number of pyridine rings is 1. The molecular formula is C23H15ClN6O3. The zero-order valence-electron chi connectivity index (χ0n) is 17.3. The fourth-order valence-corrected chi connectivity index (χ4v) is 4.14. The van der Waals surface area contributed by atoms with Crippen molar-refractivity contribution in [2.24, 2.45) is 0 Å². The van der Waals surface area contributed by atoms with Gasteiger partial charge in [-0.2, -0.15) is 4.98 Å². The summed E-state index contributed by atoms with van der Waals surface area (Å²) in [7, 11) is 0. The van der Waals surface area contributed by atoms with Gasteiger partial charge in [0.15, 0.2) is 11.5 Å². The minimum atomic E-state index is -0.303. The average Bonchev–Trinajstić information content (AvgIpc) is 3.56. The van der Waals surface area contributed by atoms with E-state index in [4.69, 9.17) is 20.5 Å². The monoisotopic (exact) mass is 458 g/mol. The number of fused-ring (bicyclic) bond motifs is 3. The van der Waals surface area contributed by atoms with E-state index in [-0.39, 0.29) is 29.5 Å². The first-order valence-corrected chi connectivity index (χ1v) is 10.5. The summed E-state index contributed by atoms with van der Waals surface area (Å²) in [5.41, 5.74) is 2.30. The van der Waals surface area contributed by atoms with E-state index in [1.807, 2.05) is 43.3 Å². The molecule has 0 N–H and O–H groups in total. The van der Waals surface area contributed by atoms with Crippen molar-refractivity contribution in [3.05, 3.63) is 87.9 Å². The van der Waals surface area contributed by atoms with Crippen molar-refractivity contribution in [3.8, 4) is 23.2 Å². The number of hydrogen-bond acceptors (Lipinski definition) is 7. The van der Waals surface area contributed by atoms with Crippen LogP contribution in [0.1, 0.15) is 11.5 Å². The molecule has 0 atom stereocenters. The van der Waals surface area contributed by atoms with Crippen molar-refractivity contribution in [1.29, 1.82) is 0 Å². The van der Waals surface area contributed by atoms with Crippen LogP contribution in [0.25, 0.3) is 39.7 Å². The minimum absolute atomic E-state index is 0.115. The van der Waals surface area contributed by atoms with Crippen LogP contribution in [0.4, 0.5) is 0 Å². The van der Waals surface area contributed by atoms with Crippen LogP contribution in [0.15, 0.2) is 74.8 Å². The molecule has 0 spiro atoms. The van der Waals surface area contributed by atoms with Crippen LogP contribution < -0.4 is 5.56 Å². The van der Waals surface area contributed by atoms with E-state index in [0.717, 1.165) is 11.5 Å². The quantitative estimate of drug-likeness (QED) is 0.386. The second-order valence-corrected chi connectivity index (χ2v) is 7.87. The molecule has 9 nitrogen and oxygen atoms in total. The Hall–Kier alpha value is -4.24. The predicted octanol–water partition coefficient (Wildman–Crippen LogP) is 4.36. The van der Waals surface area contributed by atoms with Crippen LogP contribution in [0, 0.1) is 6.92 Å². The first-order valence-electron chi connectivity index (χ1n) is 10.1. The molecule has 5 aromatic heterocycles. The van der Waals surface area contributed by atoms with E-state index in [0.29, 0.717) is 27.3 Å². The molecule has 162 valence electrons. The molecule has 6 rings (SSSR count). The Labute approximate surface area is 190 Å². The Morgan fingerprint density at radius 1 is 1.03 bits per heavy atom. The first-order chi connectivity index (χ1) is 16.1. The number of hydrogen-bond donors (Lipinski definition) is 0. The molecule has 0 unspecified atom stereocenters. The Morgan fingerprint density at radius 3 is 2.73 bits per heavy atom. The van der Waals surface area contributed by atoms with Gasteiger partial charge in [-0.1, -0.05) is 28.9 Å².